The predicted molar refractivity (Wildman–Crippen MR) is 238 cm³/mol. The molecule has 0 spiro atoms. The van der Waals surface area contributed by atoms with Gasteiger partial charge in [-0.25, -0.2) is 4.98 Å². The zero-order chi connectivity index (χ0) is 39.5. The third kappa shape index (κ3) is 10.1. The molecule has 57 heavy (non-hydrogen) atoms. The van der Waals surface area contributed by atoms with E-state index in [0.717, 1.165) is 63.0 Å². The Hall–Kier alpha value is -5.00. The van der Waals surface area contributed by atoms with Gasteiger partial charge in [0.15, 0.2) is 0 Å². The average molecular weight is 942 g/mol. The fraction of sp³-hybridized carbons (Fsp3) is 0.235. The molecule has 0 saturated carbocycles. The van der Waals surface area contributed by atoms with E-state index in [9.17, 15) is 0 Å². The van der Waals surface area contributed by atoms with Gasteiger partial charge in [-0.3, -0.25) is 0 Å². The minimum absolute atomic E-state index is 0. The van der Waals surface area contributed by atoms with Gasteiger partial charge in [-0.15, -0.1) is 54.1 Å². The number of benzene rings is 4. The Labute approximate surface area is 353 Å². The van der Waals surface area contributed by atoms with Crippen molar-refractivity contribution in [1.29, 1.82) is 0 Å². The van der Waals surface area contributed by atoms with E-state index in [0.29, 0.717) is 11.6 Å². The average Bonchev–Trinajstić information content (AvgIpc) is 3.56. The van der Waals surface area contributed by atoms with E-state index in [1.54, 1.807) is 0 Å². The van der Waals surface area contributed by atoms with E-state index in [4.69, 9.17) is 9.40 Å². The molecule has 8 rings (SSSR count). The predicted octanol–water partition coefficient (Wildman–Crippen LogP) is 13.1. The summed E-state index contributed by atoms with van der Waals surface area (Å²) in [6, 6.07) is 48.3. The number of hydrogen-bond donors (Lipinski definition) is 0. The number of rotatable bonds is 8. The first-order valence-electron chi connectivity index (χ1n) is 19.6. The van der Waals surface area contributed by atoms with Gasteiger partial charge in [0.1, 0.15) is 0 Å². The summed E-state index contributed by atoms with van der Waals surface area (Å²) in [6.45, 7) is 18.5. The maximum Gasteiger partial charge on any atom is 0.216 e. The standard InChI is InChI=1S/C33H27N2O.C18H24NSi.Ir/c1-33(2,3)21-22-18-19-34-30(20-22)28-11-7-10-26-27-16-17-29(35-32(27)36-31(26)28)25-14-12-24(13-15-25)23-8-5-4-6-9-23;1-14(2)11-16-12-17(15-9-7-6-8-10-15)19-13-18(16)20(3,4)5;/h4-10,12-20H,21H2,1-3H3;6-9,12-14H,11H2,1-5H3;/q2*-1;. The molecule has 0 saturated heterocycles. The number of fused-ring (bicyclic) bond motifs is 3. The van der Waals surface area contributed by atoms with Crippen molar-refractivity contribution < 1.29 is 24.5 Å². The van der Waals surface area contributed by atoms with Crippen LogP contribution < -0.4 is 5.19 Å². The summed E-state index contributed by atoms with van der Waals surface area (Å²) in [5, 5.41) is 3.52. The van der Waals surface area contributed by atoms with E-state index in [2.05, 4.69) is 167 Å². The third-order valence-electron chi connectivity index (χ3n) is 9.81. The zero-order valence-corrected chi connectivity index (χ0v) is 37.7. The van der Waals surface area contributed by atoms with Crippen molar-refractivity contribution in [1.82, 2.24) is 15.0 Å². The largest absolute Gasteiger partial charge is 0.486 e. The fourth-order valence-electron chi connectivity index (χ4n) is 7.25. The second kappa shape index (κ2) is 17.6. The molecular formula is C51H51IrN3OSi-2. The Morgan fingerprint density at radius 2 is 1.40 bits per heavy atom. The van der Waals surface area contributed by atoms with Crippen LogP contribution in [0, 0.1) is 23.5 Å². The van der Waals surface area contributed by atoms with E-state index in [-0.39, 0.29) is 25.5 Å². The van der Waals surface area contributed by atoms with Crippen LogP contribution in [0.15, 0.2) is 138 Å². The van der Waals surface area contributed by atoms with Gasteiger partial charge < -0.3 is 14.4 Å². The maximum absolute atomic E-state index is 6.35. The summed E-state index contributed by atoms with van der Waals surface area (Å²) in [5.41, 5.74) is 12.5. The number of aromatic nitrogens is 3. The van der Waals surface area contributed by atoms with E-state index < -0.39 is 8.07 Å². The first-order chi connectivity index (χ1) is 26.8. The Balaban J connectivity index is 0.000000223. The molecule has 0 aliphatic heterocycles. The monoisotopic (exact) mass is 942 g/mol. The second-order valence-corrected chi connectivity index (χ2v) is 22.4. The molecule has 6 heteroatoms. The molecule has 4 aromatic heterocycles. The van der Waals surface area contributed by atoms with E-state index >= 15 is 0 Å². The van der Waals surface area contributed by atoms with Crippen LogP contribution in [0.1, 0.15) is 45.7 Å². The van der Waals surface area contributed by atoms with Crippen LogP contribution in [0.5, 0.6) is 0 Å². The third-order valence-corrected chi connectivity index (χ3v) is 11.9. The molecule has 0 aliphatic carbocycles. The Morgan fingerprint density at radius 1 is 0.684 bits per heavy atom. The molecule has 0 amide bonds. The summed E-state index contributed by atoms with van der Waals surface area (Å²) >= 11 is 0. The van der Waals surface area contributed by atoms with Gasteiger partial charge in [-0.05, 0) is 70.1 Å². The normalized spacial score (nSPS) is 11.7. The van der Waals surface area contributed by atoms with Crippen LogP contribution in [0.3, 0.4) is 0 Å². The minimum Gasteiger partial charge on any atom is -0.486 e. The molecule has 291 valence electrons. The van der Waals surface area contributed by atoms with Crippen LogP contribution in [-0.4, -0.2) is 23.0 Å². The van der Waals surface area contributed by atoms with Crippen molar-refractivity contribution in [2.45, 2.75) is 67.1 Å². The topological polar surface area (TPSA) is 51.8 Å². The van der Waals surface area contributed by atoms with Gasteiger partial charge in [-0.2, -0.15) is 0 Å². The number of nitrogens with zero attached hydrogens (tertiary/aromatic N) is 3. The molecular weight excluding hydrogens is 891 g/mol. The van der Waals surface area contributed by atoms with Crippen molar-refractivity contribution in [3.05, 3.63) is 157 Å². The van der Waals surface area contributed by atoms with Crippen molar-refractivity contribution in [3.8, 4) is 44.9 Å². The summed E-state index contributed by atoms with van der Waals surface area (Å²) in [7, 11) is -1.34. The summed E-state index contributed by atoms with van der Waals surface area (Å²) in [6.07, 6.45) is 6.09. The van der Waals surface area contributed by atoms with E-state index in [1.807, 2.05) is 42.6 Å². The van der Waals surface area contributed by atoms with Crippen molar-refractivity contribution in [2.75, 3.05) is 0 Å². The maximum atomic E-state index is 6.35. The molecule has 0 fully saturated rings. The van der Waals surface area contributed by atoms with Gasteiger partial charge in [0, 0.05) is 43.4 Å². The molecule has 0 unspecified atom stereocenters. The number of furan rings is 1. The Kier molecular flexibility index (Phi) is 12.9. The van der Waals surface area contributed by atoms with Crippen LogP contribution in [0.2, 0.25) is 19.6 Å². The van der Waals surface area contributed by atoms with Crippen molar-refractivity contribution >= 4 is 35.3 Å². The molecule has 4 heterocycles. The first-order valence-corrected chi connectivity index (χ1v) is 23.1. The van der Waals surface area contributed by atoms with Gasteiger partial charge in [-0.1, -0.05) is 143 Å². The van der Waals surface area contributed by atoms with Gasteiger partial charge in [0.05, 0.1) is 19.4 Å². The second-order valence-electron chi connectivity index (χ2n) is 17.3. The molecule has 0 N–H and O–H groups in total. The van der Waals surface area contributed by atoms with Crippen LogP contribution in [0.25, 0.3) is 67.0 Å². The smallest absolute Gasteiger partial charge is 0.216 e. The van der Waals surface area contributed by atoms with Crippen LogP contribution in [-0.2, 0) is 32.9 Å². The molecule has 1 radical (unpaired) electrons. The first kappa shape index (κ1) is 41.6. The number of hydrogen-bond acceptors (Lipinski definition) is 4. The van der Waals surface area contributed by atoms with E-state index in [1.165, 1.54) is 27.4 Å². The molecule has 0 atom stereocenters. The van der Waals surface area contributed by atoms with Crippen LogP contribution in [0.4, 0.5) is 0 Å². The molecule has 4 aromatic carbocycles. The SMILES string of the molecule is CC(C)(C)Cc1ccnc(-c2[c-]ccc3c2oc2nc(-c4ccc(-c5ccccc5)cc4)ccc23)c1.CC(C)Cc1cc(-c2[c-]cccc2)ncc1[Si](C)(C)C.[Ir]. The van der Waals surface area contributed by atoms with Crippen molar-refractivity contribution in [2.24, 2.45) is 11.3 Å². The molecule has 4 nitrogen and oxygen atoms in total. The fourth-order valence-corrected chi connectivity index (χ4v) is 8.84. The molecule has 0 bridgehead atoms. The molecule has 0 aliphatic rings. The van der Waals surface area contributed by atoms with Gasteiger partial charge >= 0.3 is 0 Å². The minimum atomic E-state index is -1.34. The summed E-state index contributed by atoms with van der Waals surface area (Å²) in [4.78, 5) is 14.2. The molecule has 8 aromatic rings. The number of pyridine rings is 3. The zero-order valence-electron chi connectivity index (χ0n) is 34.3. The van der Waals surface area contributed by atoms with Crippen molar-refractivity contribution in [3.63, 3.8) is 0 Å². The van der Waals surface area contributed by atoms with Gasteiger partial charge in [0.25, 0.3) is 0 Å². The Morgan fingerprint density at radius 3 is 2.09 bits per heavy atom. The summed E-state index contributed by atoms with van der Waals surface area (Å²) in [5.74, 6) is 0.667. The van der Waals surface area contributed by atoms with Gasteiger partial charge in [0.2, 0.25) is 5.71 Å². The summed E-state index contributed by atoms with van der Waals surface area (Å²) < 4.78 is 6.35. The van der Waals surface area contributed by atoms with Crippen LogP contribution >= 0.6 is 0 Å². The quantitative estimate of drug-likeness (QED) is 0.112. The Bertz CT molecular complexity index is 2570.